The molecular weight excluding hydrogens is 278 g/mol. The van der Waals surface area contributed by atoms with Crippen molar-refractivity contribution in [2.45, 2.75) is 26.7 Å². The molecular formula is C16H23N5O. The zero-order valence-corrected chi connectivity index (χ0v) is 13.3. The van der Waals surface area contributed by atoms with Gasteiger partial charge < -0.3 is 9.80 Å². The van der Waals surface area contributed by atoms with E-state index in [-0.39, 0.29) is 5.92 Å². The van der Waals surface area contributed by atoms with E-state index in [0.29, 0.717) is 5.91 Å². The van der Waals surface area contributed by atoms with E-state index in [4.69, 9.17) is 0 Å². The molecule has 0 radical (unpaired) electrons. The van der Waals surface area contributed by atoms with Gasteiger partial charge in [0.05, 0.1) is 6.20 Å². The van der Waals surface area contributed by atoms with Crippen molar-refractivity contribution in [2.24, 2.45) is 5.92 Å². The van der Waals surface area contributed by atoms with Gasteiger partial charge in [-0.05, 0) is 18.9 Å². The van der Waals surface area contributed by atoms with E-state index in [1.54, 1.807) is 6.20 Å². The van der Waals surface area contributed by atoms with Crippen LogP contribution in [0.4, 0.5) is 5.82 Å². The van der Waals surface area contributed by atoms with Crippen LogP contribution in [0.1, 0.15) is 26.7 Å². The van der Waals surface area contributed by atoms with Crippen molar-refractivity contribution >= 4 is 17.4 Å². The van der Waals surface area contributed by atoms with Gasteiger partial charge in [0.2, 0.25) is 5.91 Å². The first kappa shape index (κ1) is 14.8. The fourth-order valence-electron chi connectivity index (χ4n) is 3.11. The van der Waals surface area contributed by atoms with Crippen LogP contribution < -0.4 is 4.90 Å². The van der Waals surface area contributed by atoms with Gasteiger partial charge in [0.25, 0.3) is 0 Å². The fraction of sp³-hybridized carbons (Fsp3) is 0.562. The lowest BCUT2D eigenvalue weighted by atomic mass is 10.0. The number of nitrogens with zero attached hydrogens (tertiary/aromatic N) is 5. The molecule has 2 aromatic heterocycles. The molecule has 1 amide bonds. The quantitative estimate of drug-likeness (QED) is 0.864. The van der Waals surface area contributed by atoms with E-state index in [1.807, 2.05) is 27.7 Å². The SMILES string of the molecule is CCC(CC)C(=O)N1CCN(c2ccnc3ccnn23)CC1. The normalized spacial score (nSPS) is 15.8. The Labute approximate surface area is 130 Å². The van der Waals surface area contributed by atoms with E-state index in [1.165, 1.54) is 0 Å². The molecule has 0 saturated carbocycles. The second-order valence-corrected chi connectivity index (χ2v) is 5.73. The van der Waals surface area contributed by atoms with Gasteiger partial charge in [-0.3, -0.25) is 4.79 Å². The summed E-state index contributed by atoms with van der Waals surface area (Å²) in [5.74, 6) is 1.53. The van der Waals surface area contributed by atoms with Gasteiger partial charge >= 0.3 is 0 Å². The van der Waals surface area contributed by atoms with Crippen molar-refractivity contribution < 1.29 is 4.79 Å². The minimum atomic E-state index is 0.172. The van der Waals surface area contributed by atoms with Crippen molar-refractivity contribution in [3.8, 4) is 0 Å². The lowest BCUT2D eigenvalue weighted by molar-refractivity contribution is -0.136. The van der Waals surface area contributed by atoms with Gasteiger partial charge in [-0.25, -0.2) is 4.98 Å². The third-order valence-electron chi connectivity index (χ3n) is 4.52. The molecule has 1 fully saturated rings. The van der Waals surface area contributed by atoms with E-state index in [0.717, 1.165) is 50.5 Å². The maximum Gasteiger partial charge on any atom is 0.225 e. The molecule has 2 aromatic rings. The average molecular weight is 301 g/mol. The number of aromatic nitrogens is 3. The van der Waals surface area contributed by atoms with E-state index < -0.39 is 0 Å². The molecule has 6 nitrogen and oxygen atoms in total. The number of carbonyl (C=O) groups is 1. The lowest BCUT2D eigenvalue weighted by Crippen LogP contribution is -2.50. The summed E-state index contributed by atoms with van der Waals surface area (Å²) in [7, 11) is 0. The van der Waals surface area contributed by atoms with Crippen molar-refractivity contribution in [3.05, 3.63) is 24.5 Å². The van der Waals surface area contributed by atoms with E-state index in [9.17, 15) is 4.79 Å². The number of amides is 1. The van der Waals surface area contributed by atoms with Crippen molar-refractivity contribution in [1.82, 2.24) is 19.5 Å². The average Bonchev–Trinajstić information content (AvgIpc) is 3.04. The van der Waals surface area contributed by atoms with Crippen LogP contribution >= 0.6 is 0 Å². The molecule has 3 heterocycles. The van der Waals surface area contributed by atoms with Gasteiger partial charge in [0.1, 0.15) is 5.82 Å². The molecule has 3 rings (SSSR count). The summed E-state index contributed by atoms with van der Waals surface area (Å²) in [4.78, 5) is 21.0. The number of hydrogen-bond acceptors (Lipinski definition) is 4. The Balaban J connectivity index is 1.69. The van der Waals surface area contributed by atoms with Crippen LogP contribution in [-0.4, -0.2) is 51.6 Å². The molecule has 0 bridgehead atoms. The maximum absolute atomic E-state index is 12.5. The zero-order chi connectivity index (χ0) is 15.5. The minimum absolute atomic E-state index is 0.172. The van der Waals surface area contributed by atoms with Gasteiger partial charge in [-0.1, -0.05) is 13.8 Å². The molecule has 0 aromatic carbocycles. The first-order chi connectivity index (χ1) is 10.7. The Morgan fingerprint density at radius 1 is 1.14 bits per heavy atom. The van der Waals surface area contributed by atoms with Crippen molar-refractivity contribution in [3.63, 3.8) is 0 Å². The first-order valence-electron chi connectivity index (χ1n) is 8.07. The molecule has 0 spiro atoms. The predicted octanol–water partition coefficient (Wildman–Crippen LogP) is 1.81. The largest absolute Gasteiger partial charge is 0.353 e. The number of piperazine rings is 1. The lowest BCUT2D eigenvalue weighted by Gasteiger charge is -2.37. The van der Waals surface area contributed by atoms with Crippen LogP contribution in [-0.2, 0) is 4.79 Å². The summed E-state index contributed by atoms with van der Waals surface area (Å²) in [6.45, 7) is 7.41. The number of carbonyl (C=O) groups excluding carboxylic acids is 1. The standard InChI is InChI=1S/C16H23N5O/c1-3-13(4-2)16(22)20-11-9-19(10-12-20)15-6-7-17-14-5-8-18-21(14)15/h5-8,13H,3-4,9-12H2,1-2H3. The highest BCUT2D eigenvalue weighted by atomic mass is 16.2. The third-order valence-corrected chi connectivity index (χ3v) is 4.52. The summed E-state index contributed by atoms with van der Waals surface area (Å²) < 4.78 is 1.86. The summed E-state index contributed by atoms with van der Waals surface area (Å²) in [6.07, 6.45) is 5.42. The topological polar surface area (TPSA) is 53.7 Å². The third kappa shape index (κ3) is 2.65. The van der Waals surface area contributed by atoms with Crippen LogP contribution in [0.3, 0.4) is 0 Å². The molecule has 0 aliphatic carbocycles. The smallest absolute Gasteiger partial charge is 0.225 e. The molecule has 118 valence electrons. The van der Waals surface area contributed by atoms with Crippen LogP contribution in [0.15, 0.2) is 24.5 Å². The number of fused-ring (bicyclic) bond motifs is 1. The van der Waals surface area contributed by atoms with Gasteiger partial charge in [0.15, 0.2) is 5.65 Å². The molecule has 6 heteroatoms. The maximum atomic E-state index is 12.5. The van der Waals surface area contributed by atoms with Crippen molar-refractivity contribution in [1.29, 1.82) is 0 Å². The predicted molar refractivity (Wildman–Crippen MR) is 85.9 cm³/mol. The Kier molecular flexibility index (Phi) is 4.27. The highest BCUT2D eigenvalue weighted by Crippen LogP contribution is 2.19. The number of anilines is 1. The van der Waals surface area contributed by atoms with Crippen LogP contribution in [0.5, 0.6) is 0 Å². The van der Waals surface area contributed by atoms with Gasteiger partial charge in [-0.15, -0.1) is 0 Å². The molecule has 1 saturated heterocycles. The minimum Gasteiger partial charge on any atom is -0.353 e. The number of rotatable bonds is 4. The van der Waals surface area contributed by atoms with Crippen LogP contribution in [0, 0.1) is 5.92 Å². The van der Waals surface area contributed by atoms with Gasteiger partial charge in [0, 0.05) is 44.4 Å². The summed E-state index contributed by atoms with van der Waals surface area (Å²) in [5, 5.41) is 4.33. The molecule has 0 unspecified atom stereocenters. The summed E-state index contributed by atoms with van der Waals surface area (Å²) in [5.41, 5.74) is 0.855. The Bertz CT molecular complexity index is 641. The zero-order valence-electron chi connectivity index (χ0n) is 13.3. The highest BCUT2D eigenvalue weighted by molar-refractivity contribution is 5.79. The van der Waals surface area contributed by atoms with Crippen molar-refractivity contribution in [2.75, 3.05) is 31.1 Å². The highest BCUT2D eigenvalue weighted by Gasteiger charge is 2.26. The first-order valence-corrected chi connectivity index (χ1v) is 8.07. The van der Waals surface area contributed by atoms with Crippen LogP contribution in [0.25, 0.3) is 5.65 Å². The fourth-order valence-corrected chi connectivity index (χ4v) is 3.11. The second-order valence-electron chi connectivity index (χ2n) is 5.73. The summed E-state index contributed by atoms with van der Waals surface area (Å²) >= 11 is 0. The Hall–Kier alpha value is -2.11. The summed E-state index contributed by atoms with van der Waals surface area (Å²) in [6, 6.07) is 3.88. The second kappa shape index (κ2) is 6.34. The number of hydrogen-bond donors (Lipinski definition) is 0. The molecule has 0 N–H and O–H groups in total. The molecule has 1 aliphatic heterocycles. The Morgan fingerprint density at radius 3 is 2.55 bits per heavy atom. The molecule has 22 heavy (non-hydrogen) atoms. The monoisotopic (exact) mass is 301 g/mol. The van der Waals surface area contributed by atoms with E-state index in [2.05, 4.69) is 28.8 Å². The Morgan fingerprint density at radius 2 is 1.86 bits per heavy atom. The molecule has 1 aliphatic rings. The molecule has 0 atom stereocenters. The van der Waals surface area contributed by atoms with Gasteiger partial charge in [-0.2, -0.15) is 9.61 Å². The van der Waals surface area contributed by atoms with E-state index >= 15 is 0 Å². The van der Waals surface area contributed by atoms with Crippen LogP contribution in [0.2, 0.25) is 0 Å².